The average Bonchev–Trinajstić information content (AvgIpc) is 2.78. The summed E-state index contributed by atoms with van der Waals surface area (Å²) in [5.74, 6) is -0.715. The van der Waals surface area contributed by atoms with Crippen molar-refractivity contribution >= 4 is 57.8 Å². The first-order chi connectivity index (χ1) is 15.7. The van der Waals surface area contributed by atoms with E-state index in [0.717, 1.165) is 9.88 Å². The molecule has 0 saturated carbocycles. The number of nitrogens with one attached hydrogen (secondary N) is 1. The molecule has 1 aromatic rings. The molecular formula is C22H26N4O4S3. The fraction of sp³-hybridized carbons (Fsp3) is 0.455. The van der Waals surface area contributed by atoms with Crippen molar-refractivity contribution in [2.45, 2.75) is 44.3 Å². The van der Waals surface area contributed by atoms with Gasteiger partial charge in [-0.2, -0.15) is 0 Å². The Hall–Kier alpha value is -2.08. The van der Waals surface area contributed by atoms with Gasteiger partial charge >= 0.3 is 5.97 Å². The average molecular weight is 507 g/mol. The quantitative estimate of drug-likeness (QED) is 0.446. The standard InChI is InChI=1S/C22H26N4O4S3/c1-12(2)25-10-24(11-33-22(25)31)17(14-7-5-4-6-8-14)18(27)23-15-19(28)26-16(21(29)30)13(3)9-32-20(15)26/h4-8,12,15,17,20H,9-11H2,1-3H3,(H,23,27)(H,29,30)/t15-,17+,20?/m1/s1. The minimum absolute atomic E-state index is 0.0300. The van der Waals surface area contributed by atoms with Gasteiger partial charge in [0.2, 0.25) is 5.91 Å². The Kier molecular flexibility index (Phi) is 7.04. The van der Waals surface area contributed by atoms with E-state index in [9.17, 15) is 19.5 Å². The monoisotopic (exact) mass is 506 g/mol. The first-order valence-corrected chi connectivity index (χ1v) is 13.1. The van der Waals surface area contributed by atoms with E-state index in [1.54, 1.807) is 6.92 Å². The minimum Gasteiger partial charge on any atom is -0.477 e. The minimum atomic E-state index is -1.12. The molecule has 3 atom stereocenters. The maximum absolute atomic E-state index is 13.6. The number of carboxylic acid groups (broad SMARTS) is 1. The van der Waals surface area contributed by atoms with Crippen molar-refractivity contribution in [2.75, 3.05) is 18.3 Å². The highest BCUT2D eigenvalue weighted by Crippen LogP contribution is 2.40. The van der Waals surface area contributed by atoms with Gasteiger partial charge in [-0.1, -0.05) is 54.3 Å². The zero-order chi connectivity index (χ0) is 23.9. The molecule has 2 fully saturated rings. The molecule has 2 saturated heterocycles. The van der Waals surface area contributed by atoms with Crippen molar-refractivity contribution in [3.8, 4) is 0 Å². The topological polar surface area (TPSA) is 93.2 Å². The number of benzene rings is 1. The fourth-order valence-electron chi connectivity index (χ4n) is 4.22. The van der Waals surface area contributed by atoms with Crippen molar-refractivity contribution in [2.24, 2.45) is 0 Å². The number of thioether (sulfide) groups is 2. The van der Waals surface area contributed by atoms with Crippen LogP contribution >= 0.6 is 35.7 Å². The third-order valence-electron chi connectivity index (χ3n) is 5.93. The van der Waals surface area contributed by atoms with Gasteiger partial charge in [0.25, 0.3) is 5.91 Å². The Morgan fingerprint density at radius 3 is 2.58 bits per heavy atom. The van der Waals surface area contributed by atoms with Gasteiger partial charge in [-0.25, -0.2) is 4.79 Å². The fourth-order valence-corrected chi connectivity index (χ4v) is 6.88. The van der Waals surface area contributed by atoms with Crippen LogP contribution in [-0.2, 0) is 14.4 Å². The molecule has 176 valence electrons. The normalized spacial score (nSPS) is 24.5. The maximum Gasteiger partial charge on any atom is 0.352 e. The van der Waals surface area contributed by atoms with E-state index in [-0.39, 0.29) is 23.6 Å². The second-order valence-electron chi connectivity index (χ2n) is 8.48. The summed E-state index contributed by atoms with van der Waals surface area (Å²) >= 11 is 8.49. The van der Waals surface area contributed by atoms with Crippen molar-refractivity contribution < 1.29 is 19.5 Å². The Labute approximate surface area is 206 Å². The number of thiocarbonyl (C=S) groups is 1. The van der Waals surface area contributed by atoms with E-state index in [4.69, 9.17) is 12.2 Å². The Bertz CT molecular complexity index is 1020. The molecule has 3 aliphatic heterocycles. The molecule has 2 N–H and O–H groups in total. The molecule has 1 aromatic carbocycles. The van der Waals surface area contributed by atoms with Crippen molar-refractivity contribution in [1.29, 1.82) is 0 Å². The number of aliphatic carboxylic acids is 1. The summed E-state index contributed by atoms with van der Waals surface area (Å²) in [6.07, 6.45) is 0. The lowest BCUT2D eigenvalue weighted by molar-refractivity contribution is -0.151. The number of carbonyl (C=O) groups is 3. The lowest BCUT2D eigenvalue weighted by atomic mass is 10.0. The highest BCUT2D eigenvalue weighted by molar-refractivity contribution is 8.22. The predicted molar refractivity (Wildman–Crippen MR) is 133 cm³/mol. The molecule has 33 heavy (non-hydrogen) atoms. The van der Waals surface area contributed by atoms with E-state index in [1.165, 1.54) is 28.4 Å². The van der Waals surface area contributed by atoms with Gasteiger partial charge in [-0.05, 0) is 31.9 Å². The smallest absolute Gasteiger partial charge is 0.352 e. The van der Waals surface area contributed by atoms with Crippen LogP contribution in [0.1, 0.15) is 32.4 Å². The Morgan fingerprint density at radius 2 is 1.94 bits per heavy atom. The first-order valence-electron chi connectivity index (χ1n) is 10.6. The molecule has 0 aliphatic carbocycles. The second-order valence-corrected chi connectivity index (χ2v) is 11.2. The summed E-state index contributed by atoms with van der Waals surface area (Å²) in [5, 5.41) is 12.1. The van der Waals surface area contributed by atoms with Gasteiger partial charge < -0.3 is 15.3 Å². The van der Waals surface area contributed by atoms with Crippen LogP contribution in [0, 0.1) is 0 Å². The van der Waals surface area contributed by atoms with Crippen LogP contribution in [0.15, 0.2) is 41.6 Å². The summed E-state index contributed by atoms with van der Waals surface area (Å²) in [4.78, 5) is 43.5. The lowest BCUT2D eigenvalue weighted by Gasteiger charge is -2.50. The third-order valence-corrected chi connectivity index (χ3v) is 8.89. The van der Waals surface area contributed by atoms with Gasteiger partial charge in [0.15, 0.2) is 0 Å². The number of hydrogen-bond donors (Lipinski definition) is 2. The summed E-state index contributed by atoms with van der Waals surface area (Å²) in [7, 11) is 0. The lowest BCUT2D eigenvalue weighted by Crippen LogP contribution is -2.71. The van der Waals surface area contributed by atoms with Crippen LogP contribution in [-0.4, -0.2) is 77.7 Å². The number of carbonyl (C=O) groups excluding carboxylic acids is 2. The number of hydrogen-bond acceptors (Lipinski definition) is 7. The third kappa shape index (κ3) is 4.51. The van der Waals surface area contributed by atoms with Crippen LogP contribution in [0.4, 0.5) is 0 Å². The molecule has 0 aromatic heterocycles. The van der Waals surface area contributed by atoms with Crippen LogP contribution in [0.25, 0.3) is 0 Å². The van der Waals surface area contributed by atoms with Gasteiger partial charge in [-0.15, -0.1) is 11.8 Å². The molecular weight excluding hydrogens is 480 g/mol. The van der Waals surface area contributed by atoms with Crippen molar-refractivity contribution in [3.63, 3.8) is 0 Å². The number of β-lactam (4-membered cyclic amide) rings is 1. The maximum atomic E-state index is 13.6. The molecule has 0 bridgehead atoms. The second kappa shape index (κ2) is 9.65. The highest BCUT2D eigenvalue weighted by atomic mass is 32.2. The number of amides is 2. The van der Waals surface area contributed by atoms with Crippen LogP contribution in [0.2, 0.25) is 0 Å². The van der Waals surface area contributed by atoms with Gasteiger partial charge in [0.1, 0.15) is 27.5 Å². The van der Waals surface area contributed by atoms with Crippen molar-refractivity contribution in [1.82, 2.24) is 20.0 Å². The summed E-state index contributed by atoms with van der Waals surface area (Å²) in [6.45, 7) is 6.34. The van der Waals surface area contributed by atoms with Gasteiger partial charge in [-0.3, -0.25) is 19.4 Å². The summed E-state index contributed by atoms with van der Waals surface area (Å²) in [5.41, 5.74) is 1.51. The van der Waals surface area contributed by atoms with E-state index >= 15 is 0 Å². The van der Waals surface area contributed by atoms with E-state index in [0.29, 0.717) is 23.9 Å². The summed E-state index contributed by atoms with van der Waals surface area (Å²) < 4.78 is 0.806. The molecule has 4 rings (SSSR count). The predicted octanol–water partition coefficient (Wildman–Crippen LogP) is 2.45. The van der Waals surface area contributed by atoms with Crippen LogP contribution in [0.5, 0.6) is 0 Å². The first kappa shape index (κ1) is 24.1. The molecule has 1 unspecified atom stereocenters. The van der Waals surface area contributed by atoms with Crippen LogP contribution in [0.3, 0.4) is 0 Å². The number of rotatable bonds is 6. The molecule has 0 spiro atoms. The van der Waals surface area contributed by atoms with E-state index in [2.05, 4.69) is 24.1 Å². The molecule has 0 radical (unpaired) electrons. The SMILES string of the molecule is CC1=C(C(=O)O)N2C(=O)[C@@H](NC(=O)[C@H](c3ccccc3)N3CSC(=S)N(C(C)C)C3)C2SC1. The number of carboxylic acids is 1. The zero-order valence-electron chi connectivity index (χ0n) is 18.6. The number of fused-ring (bicyclic) bond motifs is 1. The van der Waals surface area contributed by atoms with Crippen LogP contribution < -0.4 is 5.32 Å². The molecule has 11 heteroatoms. The largest absolute Gasteiger partial charge is 0.477 e. The summed E-state index contributed by atoms with van der Waals surface area (Å²) in [6, 6.07) is 8.31. The number of nitrogens with zero attached hydrogens (tertiary/aromatic N) is 3. The Balaban J connectivity index is 1.56. The van der Waals surface area contributed by atoms with Gasteiger partial charge in [0.05, 0.1) is 12.5 Å². The van der Waals surface area contributed by atoms with Gasteiger partial charge in [0, 0.05) is 11.8 Å². The molecule has 3 aliphatic rings. The molecule has 8 nitrogen and oxygen atoms in total. The van der Waals surface area contributed by atoms with E-state index < -0.39 is 23.4 Å². The highest BCUT2D eigenvalue weighted by Gasteiger charge is 2.54. The zero-order valence-corrected chi connectivity index (χ0v) is 21.0. The van der Waals surface area contributed by atoms with Crippen molar-refractivity contribution in [3.05, 3.63) is 47.2 Å². The Morgan fingerprint density at radius 1 is 1.24 bits per heavy atom. The van der Waals surface area contributed by atoms with E-state index in [1.807, 2.05) is 35.2 Å². The molecule has 3 heterocycles. The molecule has 2 amide bonds.